The molecule has 0 aliphatic carbocycles. The van der Waals surface area contributed by atoms with E-state index in [0.717, 1.165) is 36.6 Å². The molecule has 6 nitrogen and oxygen atoms in total. The van der Waals surface area contributed by atoms with E-state index >= 15 is 0 Å². The Morgan fingerprint density at radius 3 is 2.71 bits per heavy atom. The molecule has 1 saturated heterocycles. The van der Waals surface area contributed by atoms with Gasteiger partial charge in [-0.2, -0.15) is 0 Å². The van der Waals surface area contributed by atoms with Crippen LogP contribution in [-0.2, 0) is 6.54 Å². The molecule has 0 amide bonds. The quantitative estimate of drug-likeness (QED) is 0.910. The van der Waals surface area contributed by atoms with Gasteiger partial charge in [0.25, 0.3) is 0 Å². The molecule has 1 N–H and O–H groups in total. The van der Waals surface area contributed by atoms with E-state index in [1.807, 2.05) is 31.7 Å². The first kappa shape index (κ1) is 16.8. The fraction of sp³-hybridized carbons (Fsp3) is 0.556. The Morgan fingerprint density at radius 1 is 1.21 bits per heavy atom. The van der Waals surface area contributed by atoms with Crippen molar-refractivity contribution in [1.29, 1.82) is 0 Å². The van der Waals surface area contributed by atoms with Crippen LogP contribution in [0.3, 0.4) is 0 Å². The summed E-state index contributed by atoms with van der Waals surface area (Å²) in [6.07, 6.45) is 9.36. The molecule has 1 atom stereocenters. The van der Waals surface area contributed by atoms with Crippen molar-refractivity contribution in [3.63, 3.8) is 0 Å². The number of piperidine rings is 1. The lowest BCUT2D eigenvalue weighted by Gasteiger charge is -2.35. The molecule has 0 aromatic carbocycles. The van der Waals surface area contributed by atoms with E-state index in [2.05, 4.69) is 44.0 Å². The Kier molecular flexibility index (Phi) is 5.35. The first-order valence-corrected chi connectivity index (χ1v) is 8.73. The molecule has 0 saturated carbocycles. The fourth-order valence-electron chi connectivity index (χ4n) is 3.17. The van der Waals surface area contributed by atoms with E-state index in [-0.39, 0.29) is 0 Å². The number of hydrogen-bond acceptors (Lipinski definition) is 6. The van der Waals surface area contributed by atoms with Crippen molar-refractivity contribution in [2.75, 3.05) is 18.9 Å². The molecule has 0 spiro atoms. The number of rotatable bonds is 5. The summed E-state index contributed by atoms with van der Waals surface area (Å²) in [4.78, 5) is 20.4. The summed E-state index contributed by atoms with van der Waals surface area (Å²) in [6.45, 7) is 6.17. The molecule has 2 aromatic rings. The van der Waals surface area contributed by atoms with Gasteiger partial charge in [0.15, 0.2) is 0 Å². The van der Waals surface area contributed by atoms with Crippen LogP contribution in [0.15, 0.2) is 24.7 Å². The van der Waals surface area contributed by atoms with Gasteiger partial charge < -0.3 is 5.32 Å². The number of anilines is 1. The van der Waals surface area contributed by atoms with Crippen molar-refractivity contribution < 1.29 is 0 Å². The monoisotopic (exact) mass is 326 g/mol. The zero-order valence-electron chi connectivity index (χ0n) is 14.7. The molecular formula is C18H26N6. The molecule has 1 aliphatic heterocycles. The fourth-order valence-corrected chi connectivity index (χ4v) is 3.17. The third kappa shape index (κ3) is 3.87. The van der Waals surface area contributed by atoms with E-state index in [0.29, 0.717) is 17.9 Å². The minimum atomic E-state index is 0.332. The number of nitrogens with zero attached hydrogens (tertiary/aromatic N) is 5. The topological polar surface area (TPSA) is 66.8 Å². The van der Waals surface area contributed by atoms with Crippen LogP contribution in [0.1, 0.15) is 62.2 Å². The average Bonchev–Trinajstić information content (AvgIpc) is 2.62. The summed E-state index contributed by atoms with van der Waals surface area (Å²) in [6, 6.07) is 2.36. The summed E-state index contributed by atoms with van der Waals surface area (Å²) < 4.78 is 0. The van der Waals surface area contributed by atoms with E-state index in [1.54, 1.807) is 0 Å². The molecule has 6 heteroatoms. The van der Waals surface area contributed by atoms with E-state index in [9.17, 15) is 0 Å². The lowest BCUT2D eigenvalue weighted by molar-refractivity contribution is 0.137. The van der Waals surface area contributed by atoms with E-state index in [1.165, 1.54) is 12.8 Å². The van der Waals surface area contributed by atoms with Crippen LogP contribution in [0.4, 0.5) is 5.95 Å². The third-order valence-electron chi connectivity index (χ3n) is 4.48. The summed E-state index contributed by atoms with van der Waals surface area (Å²) in [5, 5.41) is 3.03. The van der Waals surface area contributed by atoms with Crippen LogP contribution in [0.25, 0.3) is 0 Å². The number of aromatic nitrogens is 4. The highest BCUT2D eigenvalue weighted by atomic mass is 15.2. The van der Waals surface area contributed by atoms with E-state index in [4.69, 9.17) is 0 Å². The van der Waals surface area contributed by atoms with Gasteiger partial charge in [0.1, 0.15) is 5.82 Å². The Balaban J connectivity index is 1.76. The van der Waals surface area contributed by atoms with Gasteiger partial charge in [-0.05, 0) is 25.5 Å². The normalized spacial score (nSPS) is 18.8. The predicted molar refractivity (Wildman–Crippen MR) is 94.7 cm³/mol. The summed E-state index contributed by atoms with van der Waals surface area (Å²) in [5.41, 5.74) is 2.25. The van der Waals surface area contributed by atoms with Gasteiger partial charge in [-0.25, -0.2) is 19.9 Å². The lowest BCUT2D eigenvalue weighted by Crippen LogP contribution is -2.33. The molecule has 24 heavy (non-hydrogen) atoms. The standard InChI is InChI=1S/C18H26N6/c1-13(2)17-21-10-14(11-22-17)12-24-9-5-4-6-16(24)15-7-8-20-18(19-3)23-15/h7-8,10-11,13,16H,4-6,9,12H2,1-3H3,(H,19,20,23)/t16-/m1/s1. The van der Waals surface area contributed by atoms with Crippen molar-refractivity contribution in [3.05, 3.63) is 41.7 Å². The number of likely N-dealkylation sites (tertiary alicyclic amines) is 1. The van der Waals surface area contributed by atoms with Crippen molar-refractivity contribution in [1.82, 2.24) is 24.8 Å². The van der Waals surface area contributed by atoms with Crippen LogP contribution in [0, 0.1) is 0 Å². The summed E-state index contributed by atoms with van der Waals surface area (Å²) in [5.74, 6) is 1.95. The second-order valence-corrected chi connectivity index (χ2v) is 6.64. The second kappa shape index (κ2) is 7.66. The van der Waals surface area contributed by atoms with Crippen LogP contribution < -0.4 is 5.32 Å². The highest BCUT2D eigenvalue weighted by Gasteiger charge is 2.25. The molecule has 0 radical (unpaired) electrons. The molecule has 128 valence electrons. The van der Waals surface area contributed by atoms with Crippen molar-refractivity contribution in [3.8, 4) is 0 Å². The van der Waals surface area contributed by atoms with Gasteiger partial charge in [-0.1, -0.05) is 20.3 Å². The zero-order chi connectivity index (χ0) is 16.9. The summed E-state index contributed by atoms with van der Waals surface area (Å²) in [7, 11) is 1.85. The van der Waals surface area contributed by atoms with Gasteiger partial charge in [-0.3, -0.25) is 4.90 Å². The highest BCUT2D eigenvalue weighted by Crippen LogP contribution is 2.31. The maximum atomic E-state index is 4.65. The molecule has 1 aliphatic rings. The predicted octanol–water partition coefficient (Wildman–Crippen LogP) is 3.16. The van der Waals surface area contributed by atoms with Crippen molar-refractivity contribution in [2.24, 2.45) is 0 Å². The minimum Gasteiger partial charge on any atom is -0.357 e. The maximum absolute atomic E-state index is 4.65. The van der Waals surface area contributed by atoms with Crippen molar-refractivity contribution in [2.45, 2.75) is 51.6 Å². The first-order valence-electron chi connectivity index (χ1n) is 8.73. The molecule has 3 heterocycles. The van der Waals surface area contributed by atoms with Crippen LogP contribution in [0.5, 0.6) is 0 Å². The number of nitrogens with one attached hydrogen (secondary N) is 1. The van der Waals surface area contributed by atoms with Gasteiger partial charge >= 0.3 is 0 Å². The SMILES string of the molecule is CNc1nccc([C@H]2CCCCN2Cc2cnc(C(C)C)nc2)n1. The summed E-state index contributed by atoms with van der Waals surface area (Å²) >= 11 is 0. The number of hydrogen-bond donors (Lipinski definition) is 1. The Hall–Kier alpha value is -2.08. The van der Waals surface area contributed by atoms with Crippen LogP contribution >= 0.6 is 0 Å². The third-order valence-corrected chi connectivity index (χ3v) is 4.48. The Bertz CT molecular complexity index is 655. The van der Waals surface area contributed by atoms with Gasteiger partial charge in [-0.15, -0.1) is 0 Å². The molecule has 0 unspecified atom stereocenters. The maximum Gasteiger partial charge on any atom is 0.222 e. The average molecular weight is 326 g/mol. The minimum absolute atomic E-state index is 0.332. The molecule has 0 bridgehead atoms. The lowest BCUT2D eigenvalue weighted by atomic mass is 9.98. The van der Waals surface area contributed by atoms with E-state index < -0.39 is 0 Å². The largest absolute Gasteiger partial charge is 0.357 e. The van der Waals surface area contributed by atoms with Crippen LogP contribution in [0.2, 0.25) is 0 Å². The van der Waals surface area contributed by atoms with Crippen LogP contribution in [-0.4, -0.2) is 38.4 Å². The highest BCUT2D eigenvalue weighted by molar-refractivity contribution is 5.25. The van der Waals surface area contributed by atoms with Gasteiger partial charge in [0.2, 0.25) is 5.95 Å². The molecule has 3 rings (SSSR count). The zero-order valence-corrected chi connectivity index (χ0v) is 14.7. The Labute approximate surface area is 143 Å². The molecule has 1 fully saturated rings. The smallest absolute Gasteiger partial charge is 0.222 e. The molecule has 2 aromatic heterocycles. The van der Waals surface area contributed by atoms with Gasteiger partial charge in [0.05, 0.1) is 11.7 Å². The first-order chi connectivity index (χ1) is 11.7. The Morgan fingerprint density at radius 2 is 2.00 bits per heavy atom. The molecular weight excluding hydrogens is 300 g/mol. The van der Waals surface area contributed by atoms with Crippen molar-refractivity contribution >= 4 is 5.95 Å². The second-order valence-electron chi connectivity index (χ2n) is 6.64. The van der Waals surface area contributed by atoms with Gasteiger partial charge in [0, 0.05) is 43.7 Å².